The zero-order chi connectivity index (χ0) is 23.6. The highest BCUT2D eigenvalue weighted by atomic mass is 16.5. The summed E-state index contributed by atoms with van der Waals surface area (Å²) in [4.78, 5) is 12.0. The van der Waals surface area contributed by atoms with Gasteiger partial charge in [-0.1, -0.05) is 70.9 Å². The Morgan fingerprint density at radius 1 is 0.788 bits per heavy atom. The van der Waals surface area contributed by atoms with Crippen molar-refractivity contribution >= 4 is 12.1 Å². The van der Waals surface area contributed by atoms with E-state index in [2.05, 4.69) is 36.5 Å². The SMILES string of the molecule is CCCCCCCCOc1ccc(/C=N/NC(=O)COc2ccc(CCCCC)cc2)cc1. The maximum atomic E-state index is 12.0. The Hall–Kier alpha value is -2.82. The van der Waals surface area contributed by atoms with Gasteiger partial charge in [-0.25, -0.2) is 5.43 Å². The first-order valence-corrected chi connectivity index (χ1v) is 12.5. The minimum Gasteiger partial charge on any atom is -0.494 e. The molecule has 0 heterocycles. The van der Waals surface area contributed by atoms with E-state index in [-0.39, 0.29) is 12.5 Å². The zero-order valence-electron chi connectivity index (χ0n) is 20.4. The van der Waals surface area contributed by atoms with Gasteiger partial charge in [0.25, 0.3) is 5.91 Å². The summed E-state index contributed by atoms with van der Waals surface area (Å²) in [7, 11) is 0. The molecule has 1 amide bonds. The predicted molar refractivity (Wildman–Crippen MR) is 136 cm³/mol. The van der Waals surface area contributed by atoms with Crippen molar-refractivity contribution < 1.29 is 14.3 Å². The van der Waals surface area contributed by atoms with E-state index in [4.69, 9.17) is 9.47 Å². The summed E-state index contributed by atoms with van der Waals surface area (Å²) in [6.45, 7) is 5.11. The average Bonchev–Trinajstić information content (AvgIpc) is 2.84. The molecule has 180 valence electrons. The first-order valence-electron chi connectivity index (χ1n) is 12.5. The van der Waals surface area contributed by atoms with Gasteiger partial charge in [-0.05, 0) is 66.8 Å². The molecular weight excluding hydrogens is 412 g/mol. The van der Waals surface area contributed by atoms with E-state index >= 15 is 0 Å². The van der Waals surface area contributed by atoms with E-state index in [1.54, 1.807) is 6.21 Å². The van der Waals surface area contributed by atoms with Crippen LogP contribution in [0.5, 0.6) is 11.5 Å². The Morgan fingerprint density at radius 2 is 1.39 bits per heavy atom. The van der Waals surface area contributed by atoms with Crippen molar-refractivity contribution in [3.63, 3.8) is 0 Å². The summed E-state index contributed by atoms with van der Waals surface area (Å²) in [6, 6.07) is 15.6. The van der Waals surface area contributed by atoms with E-state index in [1.807, 2.05) is 36.4 Å². The number of nitrogens with zero attached hydrogens (tertiary/aromatic N) is 1. The molecule has 0 spiro atoms. The monoisotopic (exact) mass is 452 g/mol. The highest BCUT2D eigenvalue weighted by Crippen LogP contribution is 2.15. The number of hydrazone groups is 1. The smallest absolute Gasteiger partial charge is 0.277 e. The summed E-state index contributed by atoms with van der Waals surface area (Å²) in [5.41, 5.74) is 4.68. The van der Waals surface area contributed by atoms with Crippen molar-refractivity contribution in [3.05, 3.63) is 59.7 Å². The molecule has 5 heteroatoms. The molecule has 2 aromatic rings. The van der Waals surface area contributed by atoms with Gasteiger partial charge in [0.1, 0.15) is 11.5 Å². The van der Waals surface area contributed by atoms with Crippen LogP contribution in [0.4, 0.5) is 0 Å². The fourth-order valence-electron chi connectivity index (χ4n) is 3.41. The summed E-state index contributed by atoms with van der Waals surface area (Å²) in [5, 5.41) is 4.00. The van der Waals surface area contributed by atoms with Crippen molar-refractivity contribution in [1.82, 2.24) is 5.43 Å². The van der Waals surface area contributed by atoms with Crippen LogP contribution in [0.3, 0.4) is 0 Å². The van der Waals surface area contributed by atoms with Gasteiger partial charge in [0.15, 0.2) is 6.61 Å². The number of carbonyl (C=O) groups excluding carboxylic acids is 1. The van der Waals surface area contributed by atoms with Crippen LogP contribution in [0.1, 0.15) is 82.8 Å². The largest absolute Gasteiger partial charge is 0.494 e. The second kappa shape index (κ2) is 16.8. The third kappa shape index (κ3) is 12.1. The molecule has 2 rings (SSSR count). The minimum absolute atomic E-state index is 0.0717. The van der Waals surface area contributed by atoms with Crippen molar-refractivity contribution in [2.75, 3.05) is 13.2 Å². The topological polar surface area (TPSA) is 59.9 Å². The molecule has 0 fully saturated rings. The number of ether oxygens (including phenoxy) is 2. The number of hydrogen-bond acceptors (Lipinski definition) is 4. The molecule has 0 aliphatic rings. The lowest BCUT2D eigenvalue weighted by molar-refractivity contribution is -0.123. The van der Waals surface area contributed by atoms with E-state index in [0.29, 0.717) is 5.75 Å². The van der Waals surface area contributed by atoms with Crippen molar-refractivity contribution in [2.45, 2.75) is 78.1 Å². The molecule has 0 saturated carbocycles. The fraction of sp³-hybridized carbons (Fsp3) is 0.500. The molecule has 0 aliphatic heterocycles. The maximum absolute atomic E-state index is 12.0. The third-order valence-electron chi connectivity index (χ3n) is 5.41. The lowest BCUT2D eigenvalue weighted by atomic mass is 10.1. The summed E-state index contributed by atoms with van der Waals surface area (Å²) >= 11 is 0. The average molecular weight is 453 g/mol. The van der Waals surface area contributed by atoms with Crippen LogP contribution in [0.15, 0.2) is 53.6 Å². The molecule has 2 aromatic carbocycles. The molecule has 0 aromatic heterocycles. The third-order valence-corrected chi connectivity index (χ3v) is 5.41. The molecule has 33 heavy (non-hydrogen) atoms. The molecule has 0 bridgehead atoms. The van der Waals surface area contributed by atoms with Crippen LogP contribution in [0, 0.1) is 0 Å². The molecule has 0 radical (unpaired) electrons. The second-order valence-corrected chi connectivity index (χ2v) is 8.37. The molecule has 0 unspecified atom stereocenters. The number of rotatable bonds is 17. The first kappa shape index (κ1) is 26.4. The van der Waals surface area contributed by atoms with Gasteiger partial charge in [0.2, 0.25) is 0 Å². The molecule has 1 N–H and O–H groups in total. The van der Waals surface area contributed by atoms with Crippen LogP contribution < -0.4 is 14.9 Å². The quantitative estimate of drug-likeness (QED) is 0.165. The number of hydrogen-bond donors (Lipinski definition) is 1. The lowest BCUT2D eigenvalue weighted by Gasteiger charge is -2.07. The van der Waals surface area contributed by atoms with Crippen LogP contribution in [-0.2, 0) is 11.2 Å². The summed E-state index contributed by atoms with van der Waals surface area (Å²) in [6.07, 6.45) is 13.9. The highest BCUT2D eigenvalue weighted by molar-refractivity contribution is 5.83. The Morgan fingerprint density at radius 3 is 2.12 bits per heavy atom. The zero-order valence-corrected chi connectivity index (χ0v) is 20.4. The Kier molecular flexibility index (Phi) is 13.4. The first-order chi connectivity index (χ1) is 16.2. The van der Waals surface area contributed by atoms with Gasteiger partial charge < -0.3 is 9.47 Å². The highest BCUT2D eigenvalue weighted by Gasteiger charge is 2.02. The van der Waals surface area contributed by atoms with Gasteiger partial charge in [-0.3, -0.25) is 4.79 Å². The van der Waals surface area contributed by atoms with E-state index in [0.717, 1.165) is 30.8 Å². The normalized spacial score (nSPS) is 11.0. The number of nitrogens with one attached hydrogen (secondary N) is 1. The van der Waals surface area contributed by atoms with Crippen LogP contribution >= 0.6 is 0 Å². The lowest BCUT2D eigenvalue weighted by Crippen LogP contribution is -2.24. The van der Waals surface area contributed by atoms with E-state index in [9.17, 15) is 4.79 Å². The van der Waals surface area contributed by atoms with Gasteiger partial charge in [0.05, 0.1) is 12.8 Å². The van der Waals surface area contributed by atoms with Crippen molar-refractivity contribution in [3.8, 4) is 11.5 Å². The Labute approximate surface area is 199 Å². The van der Waals surface area contributed by atoms with E-state index in [1.165, 1.54) is 56.9 Å². The van der Waals surface area contributed by atoms with Gasteiger partial charge in [0, 0.05) is 0 Å². The van der Waals surface area contributed by atoms with E-state index < -0.39 is 0 Å². The molecule has 0 atom stereocenters. The standard InChI is InChI=1S/C28H40N2O3/c1-3-5-7-8-9-11-21-32-26-19-15-25(16-20-26)22-29-30-28(31)23-33-27-17-13-24(14-18-27)12-10-6-4-2/h13-20,22H,3-12,21,23H2,1-2H3,(H,30,31)/b29-22+. The number of amides is 1. The van der Waals surface area contributed by atoms with Crippen molar-refractivity contribution in [1.29, 1.82) is 0 Å². The molecule has 0 aliphatic carbocycles. The number of unbranched alkanes of at least 4 members (excludes halogenated alkanes) is 7. The molecular formula is C28H40N2O3. The number of carbonyl (C=O) groups is 1. The predicted octanol–water partition coefficient (Wildman–Crippen LogP) is 6.69. The second-order valence-electron chi connectivity index (χ2n) is 8.37. The van der Waals surface area contributed by atoms with Crippen molar-refractivity contribution in [2.24, 2.45) is 5.10 Å². The fourth-order valence-corrected chi connectivity index (χ4v) is 3.41. The van der Waals surface area contributed by atoms with Gasteiger partial charge in [-0.2, -0.15) is 5.10 Å². The van der Waals surface area contributed by atoms with Gasteiger partial charge >= 0.3 is 0 Å². The number of aryl methyl sites for hydroxylation is 1. The maximum Gasteiger partial charge on any atom is 0.277 e. The Bertz CT molecular complexity index is 801. The van der Waals surface area contributed by atoms with Crippen LogP contribution in [0.2, 0.25) is 0 Å². The minimum atomic E-state index is -0.294. The Balaban J connectivity index is 1.61. The molecule has 5 nitrogen and oxygen atoms in total. The number of benzene rings is 2. The van der Waals surface area contributed by atoms with Crippen LogP contribution in [-0.4, -0.2) is 25.3 Å². The summed E-state index contributed by atoms with van der Waals surface area (Å²) in [5.74, 6) is 1.25. The molecule has 0 saturated heterocycles. The van der Waals surface area contributed by atoms with Crippen LogP contribution in [0.25, 0.3) is 0 Å². The van der Waals surface area contributed by atoms with Gasteiger partial charge in [-0.15, -0.1) is 0 Å². The summed E-state index contributed by atoms with van der Waals surface area (Å²) < 4.78 is 11.3.